The van der Waals surface area contributed by atoms with Crippen LogP contribution in [-0.4, -0.2) is 35.7 Å². The van der Waals surface area contributed by atoms with Crippen LogP contribution in [0.3, 0.4) is 0 Å². The maximum Gasteiger partial charge on any atom is 0.137 e. The van der Waals surface area contributed by atoms with Crippen LogP contribution < -0.4 is 4.90 Å². The number of carbonyl (C=O) groups is 1. The lowest BCUT2D eigenvalue weighted by atomic mass is 9.64. The molecule has 0 fully saturated rings. The summed E-state index contributed by atoms with van der Waals surface area (Å²) in [6.45, 7) is 5.13. The van der Waals surface area contributed by atoms with Crippen molar-refractivity contribution in [1.82, 2.24) is 5.16 Å². The van der Waals surface area contributed by atoms with Crippen LogP contribution in [0.1, 0.15) is 42.3 Å². The molecule has 5 nitrogen and oxygen atoms in total. The van der Waals surface area contributed by atoms with Gasteiger partial charge in [0.05, 0.1) is 17.2 Å². The van der Waals surface area contributed by atoms with Crippen molar-refractivity contribution in [1.29, 1.82) is 0 Å². The van der Waals surface area contributed by atoms with Crippen molar-refractivity contribution in [2.24, 2.45) is 5.92 Å². The number of aryl methyl sites for hydroxylation is 1. The minimum atomic E-state index is -1.15. The SMILES string of the molecule is CC(=O)[C@@H]1[C@@H](c2ccc(N(C)C)cc2)c2c(noc2C)C[C@]1(C)O. The lowest BCUT2D eigenvalue weighted by molar-refractivity contribution is -0.130. The summed E-state index contributed by atoms with van der Waals surface area (Å²) in [6.07, 6.45) is 0.330. The van der Waals surface area contributed by atoms with Crippen LogP contribution in [-0.2, 0) is 11.2 Å². The van der Waals surface area contributed by atoms with Gasteiger partial charge in [-0.15, -0.1) is 0 Å². The van der Waals surface area contributed by atoms with Gasteiger partial charge in [0.1, 0.15) is 11.5 Å². The number of aromatic nitrogens is 1. The zero-order chi connectivity index (χ0) is 17.6. The van der Waals surface area contributed by atoms with Crippen LogP contribution in [0.2, 0.25) is 0 Å². The van der Waals surface area contributed by atoms with Crippen LogP contribution >= 0.6 is 0 Å². The molecule has 1 heterocycles. The Hall–Kier alpha value is -2.14. The fourth-order valence-electron chi connectivity index (χ4n) is 3.94. The maximum atomic E-state index is 12.4. The van der Waals surface area contributed by atoms with E-state index in [1.165, 1.54) is 0 Å². The first-order valence-electron chi connectivity index (χ1n) is 8.17. The Balaban J connectivity index is 2.17. The number of rotatable bonds is 3. The number of benzene rings is 1. The highest BCUT2D eigenvalue weighted by Crippen LogP contribution is 2.47. The second-order valence-corrected chi connectivity index (χ2v) is 7.19. The van der Waals surface area contributed by atoms with Gasteiger partial charge in [-0.2, -0.15) is 0 Å². The second-order valence-electron chi connectivity index (χ2n) is 7.19. The Bertz CT molecular complexity index is 759. The zero-order valence-corrected chi connectivity index (χ0v) is 14.8. The molecule has 0 amide bonds. The van der Waals surface area contributed by atoms with Crippen molar-refractivity contribution in [3.05, 3.63) is 46.8 Å². The Kier molecular flexibility index (Phi) is 4.00. The molecule has 0 aliphatic heterocycles. The summed E-state index contributed by atoms with van der Waals surface area (Å²) in [5.74, 6) is -0.0709. The Morgan fingerprint density at radius 3 is 2.50 bits per heavy atom. The molecule has 1 aromatic heterocycles. The molecule has 3 rings (SSSR count). The molecule has 1 aromatic carbocycles. The summed E-state index contributed by atoms with van der Waals surface area (Å²) in [5.41, 5.74) is 2.62. The second kappa shape index (κ2) is 5.74. The Labute approximate surface area is 142 Å². The third kappa shape index (κ3) is 2.63. The number of carbonyl (C=O) groups excluding carboxylic acids is 1. The van der Waals surface area contributed by atoms with E-state index in [4.69, 9.17) is 4.52 Å². The summed E-state index contributed by atoms with van der Waals surface area (Å²) >= 11 is 0. The predicted octanol–water partition coefficient (Wildman–Crippen LogP) is 2.69. The highest BCUT2D eigenvalue weighted by atomic mass is 16.5. The molecule has 0 saturated heterocycles. The van der Waals surface area contributed by atoms with E-state index in [1.807, 2.05) is 50.2 Å². The first-order valence-corrected chi connectivity index (χ1v) is 8.17. The maximum absolute atomic E-state index is 12.4. The average molecular weight is 328 g/mol. The molecule has 0 saturated carbocycles. The summed E-state index contributed by atoms with van der Waals surface area (Å²) in [5, 5.41) is 15.0. The number of nitrogens with zero attached hydrogens (tertiary/aromatic N) is 2. The topological polar surface area (TPSA) is 66.6 Å². The van der Waals surface area contributed by atoms with E-state index in [0.29, 0.717) is 12.2 Å². The summed E-state index contributed by atoms with van der Waals surface area (Å²) in [4.78, 5) is 14.4. The third-order valence-electron chi connectivity index (χ3n) is 5.03. The van der Waals surface area contributed by atoms with E-state index in [1.54, 1.807) is 13.8 Å². The van der Waals surface area contributed by atoms with Crippen LogP contribution in [0.25, 0.3) is 0 Å². The first kappa shape index (κ1) is 16.7. The first-order chi connectivity index (χ1) is 11.2. The number of aliphatic hydroxyl groups is 1. The molecular formula is C19H24N2O3. The number of hydrogen-bond acceptors (Lipinski definition) is 5. The van der Waals surface area contributed by atoms with E-state index < -0.39 is 11.5 Å². The minimum absolute atomic E-state index is 0.0204. The minimum Gasteiger partial charge on any atom is -0.389 e. The van der Waals surface area contributed by atoms with Gasteiger partial charge in [-0.3, -0.25) is 4.79 Å². The van der Waals surface area contributed by atoms with E-state index in [9.17, 15) is 9.90 Å². The van der Waals surface area contributed by atoms with Crippen LogP contribution in [0, 0.1) is 12.8 Å². The summed E-state index contributed by atoms with van der Waals surface area (Å²) in [6, 6.07) is 8.10. The molecule has 128 valence electrons. The number of anilines is 1. The van der Waals surface area contributed by atoms with Gasteiger partial charge in [0.15, 0.2) is 0 Å². The number of hydrogen-bond donors (Lipinski definition) is 1. The molecular weight excluding hydrogens is 304 g/mol. The summed E-state index contributed by atoms with van der Waals surface area (Å²) < 4.78 is 5.37. The Morgan fingerprint density at radius 1 is 1.33 bits per heavy atom. The predicted molar refractivity (Wildman–Crippen MR) is 92.4 cm³/mol. The third-order valence-corrected chi connectivity index (χ3v) is 5.03. The number of Topliss-reactive ketones (excluding diaryl/α,β-unsaturated/α-hetero) is 1. The molecule has 1 aliphatic rings. The van der Waals surface area contributed by atoms with Crippen LogP contribution in [0.5, 0.6) is 0 Å². The molecule has 0 radical (unpaired) electrons. The zero-order valence-electron chi connectivity index (χ0n) is 14.8. The Morgan fingerprint density at radius 2 is 1.96 bits per heavy atom. The molecule has 1 N–H and O–H groups in total. The van der Waals surface area contributed by atoms with Gasteiger partial charge in [-0.25, -0.2) is 0 Å². The quantitative estimate of drug-likeness (QED) is 0.938. The van der Waals surface area contributed by atoms with Crippen molar-refractivity contribution >= 4 is 11.5 Å². The summed E-state index contributed by atoms with van der Waals surface area (Å²) in [7, 11) is 3.97. The van der Waals surface area contributed by atoms with Crippen molar-refractivity contribution in [3.63, 3.8) is 0 Å². The molecule has 3 atom stereocenters. The molecule has 1 aliphatic carbocycles. The van der Waals surface area contributed by atoms with Gasteiger partial charge in [0, 0.05) is 37.7 Å². The van der Waals surface area contributed by atoms with Crippen molar-refractivity contribution in [3.8, 4) is 0 Å². The standard InChI is InChI=1S/C19H24N2O3/c1-11(22)18-17(13-6-8-14(9-7-13)21(4)5)16-12(2)24-20-15(16)10-19(18,3)23/h6-9,17-18,23H,10H2,1-5H3/t17-,18+,19-/m0/s1. The molecule has 5 heteroatoms. The largest absolute Gasteiger partial charge is 0.389 e. The van der Waals surface area contributed by atoms with Crippen molar-refractivity contribution in [2.75, 3.05) is 19.0 Å². The monoisotopic (exact) mass is 328 g/mol. The molecule has 0 bridgehead atoms. The van der Waals surface area contributed by atoms with Gasteiger partial charge >= 0.3 is 0 Å². The van der Waals surface area contributed by atoms with E-state index in [2.05, 4.69) is 5.16 Å². The highest BCUT2D eigenvalue weighted by molar-refractivity contribution is 5.82. The van der Waals surface area contributed by atoms with Gasteiger partial charge in [0.25, 0.3) is 0 Å². The van der Waals surface area contributed by atoms with E-state index >= 15 is 0 Å². The fraction of sp³-hybridized carbons (Fsp3) is 0.474. The number of ketones is 1. The molecule has 0 unspecified atom stereocenters. The van der Waals surface area contributed by atoms with Crippen LogP contribution in [0.4, 0.5) is 5.69 Å². The van der Waals surface area contributed by atoms with Gasteiger partial charge < -0.3 is 14.5 Å². The van der Waals surface area contributed by atoms with Gasteiger partial charge in [0.2, 0.25) is 0 Å². The molecule has 24 heavy (non-hydrogen) atoms. The lowest BCUT2D eigenvalue weighted by Crippen LogP contribution is -2.48. The number of fused-ring (bicyclic) bond motifs is 1. The van der Waals surface area contributed by atoms with Crippen molar-refractivity contribution in [2.45, 2.75) is 38.7 Å². The smallest absolute Gasteiger partial charge is 0.137 e. The lowest BCUT2D eigenvalue weighted by Gasteiger charge is -2.40. The normalized spacial score (nSPS) is 26.1. The van der Waals surface area contributed by atoms with E-state index in [0.717, 1.165) is 22.5 Å². The van der Waals surface area contributed by atoms with E-state index in [-0.39, 0.29) is 11.7 Å². The highest BCUT2D eigenvalue weighted by Gasteiger charge is 2.49. The molecule has 0 spiro atoms. The van der Waals surface area contributed by atoms with Crippen molar-refractivity contribution < 1.29 is 14.4 Å². The molecule has 2 aromatic rings. The average Bonchev–Trinajstić information content (AvgIpc) is 2.85. The van der Waals surface area contributed by atoms with Gasteiger partial charge in [-0.1, -0.05) is 17.3 Å². The van der Waals surface area contributed by atoms with Gasteiger partial charge in [-0.05, 0) is 38.5 Å². The fourth-order valence-corrected chi connectivity index (χ4v) is 3.94. The van der Waals surface area contributed by atoms with Crippen LogP contribution in [0.15, 0.2) is 28.8 Å².